The summed E-state index contributed by atoms with van der Waals surface area (Å²) >= 11 is 0. The maximum atomic E-state index is 12.5. The van der Waals surface area contributed by atoms with Crippen molar-refractivity contribution in [2.75, 3.05) is 0 Å². The number of aromatic nitrogens is 1. The highest BCUT2D eigenvalue weighted by Gasteiger charge is 2.26. The number of nitrogens with one attached hydrogen (secondary N) is 2. The zero-order valence-electron chi connectivity index (χ0n) is 13.8. The number of carbonyl (C=O) groups is 1. The van der Waals surface area contributed by atoms with Gasteiger partial charge in [-0.2, -0.15) is 0 Å². The van der Waals surface area contributed by atoms with E-state index in [2.05, 4.69) is 42.3 Å². The van der Waals surface area contributed by atoms with E-state index in [0.717, 1.165) is 18.5 Å². The molecule has 4 heteroatoms. The van der Waals surface area contributed by atoms with E-state index in [1.165, 1.54) is 16.7 Å². The molecular weight excluding hydrogens is 288 g/mol. The average molecular weight is 310 g/mol. The Hall–Kier alpha value is -2.36. The molecule has 0 bridgehead atoms. The largest absolute Gasteiger partial charge is 0.345 e. The number of carbonyl (C=O) groups excluding carboxylic acids is 1. The van der Waals surface area contributed by atoms with Crippen molar-refractivity contribution >= 4 is 5.91 Å². The summed E-state index contributed by atoms with van der Waals surface area (Å²) in [4.78, 5) is 27.1. The van der Waals surface area contributed by atoms with Crippen molar-refractivity contribution in [2.24, 2.45) is 5.92 Å². The normalized spacial score (nSPS) is 20.0. The number of pyridine rings is 1. The van der Waals surface area contributed by atoms with Crippen LogP contribution in [-0.2, 0) is 6.42 Å². The lowest BCUT2D eigenvalue weighted by atomic mass is 9.81. The topological polar surface area (TPSA) is 62.0 Å². The lowest BCUT2D eigenvalue weighted by Gasteiger charge is -2.30. The molecule has 2 unspecified atom stereocenters. The Kier molecular flexibility index (Phi) is 4.07. The highest BCUT2D eigenvalue weighted by atomic mass is 16.2. The second kappa shape index (κ2) is 6.03. The van der Waals surface area contributed by atoms with Gasteiger partial charge in [0.25, 0.3) is 11.5 Å². The van der Waals surface area contributed by atoms with Crippen molar-refractivity contribution in [3.63, 3.8) is 0 Å². The highest BCUT2D eigenvalue weighted by molar-refractivity contribution is 5.94. The van der Waals surface area contributed by atoms with Crippen LogP contribution in [0.15, 0.2) is 35.1 Å². The van der Waals surface area contributed by atoms with Gasteiger partial charge in [0.2, 0.25) is 0 Å². The lowest BCUT2D eigenvalue weighted by Crippen LogP contribution is -2.35. The number of amides is 1. The van der Waals surface area contributed by atoms with Gasteiger partial charge in [-0.25, -0.2) is 0 Å². The van der Waals surface area contributed by atoms with Crippen molar-refractivity contribution in [3.8, 4) is 0 Å². The summed E-state index contributed by atoms with van der Waals surface area (Å²) in [5, 5.41) is 3.04. The molecule has 0 aliphatic heterocycles. The van der Waals surface area contributed by atoms with Gasteiger partial charge in [-0.3, -0.25) is 9.59 Å². The standard InChI is InChI=1S/C19H22N2O2/c1-11-4-6-15-14(8-11)9-12(2)10-17(15)21-19(23)16-7-5-13(3)20-18(16)22/h4-8,12,17H,9-10H2,1-3H3,(H,20,22)(H,21,23). The van der Waals surface area contributed by atoms with Crippen LogP contribution in [0.3, 0.4) is 0 Å². The van der Waals surface area contributed by atoms with Gasteiger partial charge in [0.05, 0.1) is 6.04 Å². The molecule has 0 fully saturated rings. The quantitative estimate of drug-likeness (QED) is 0.895. The Bertz CT molecular complexity index is 807. The zero-order valence-corrected chi connectivity index (χ0v) is 13.8. The number of aromatic amines is 1. The minimum absolute atomic E-state index is 0.0393. The van der Waals surface area contributed by atoms with Crippen LogP contribution in [0.1, 0.15) is 52.1 Å². The average Bonchev–Trinajstić information content (AvgIpc) is 2.46. The van der Waals surface area contributed by atoms with Crippen molar-refractivity contribution in [3.05, 3.63) is 68.6 Å². The van der Waals surface area contributed by atoms with Crippen molar-refractivity contribution in [1.82, 2.24) is 10.3 Å². The van der Waals surface area contributed by atoms with Crippen molar-refractivity contribution < 1.29 is 4.79 Å². The van der Waals surface area contributed by atoms with Gasteiger partial charge in [-0.1, -0.05) is 30.7 Å². The fourth-order valence-electron chi connectivity index (χ4n) is 3.36. The molecule has 1 aromatic carbocycles. The van der Waals surface area contributed by atoms with E-state index in [-0.39, 0.29) is 23.1 Å². The number of hydrogen-bond donors (Lipinski definition) is 2. The molecule has 3 rings (SSSR count). The minimum atomic E-state index is -0.338. The van der Waals surface area contributed by atoms with Crippen LogP contribution in [0, 0.1) is 19.8 Å². The molecule has 120 valence electrons. The van der Waals surface area contributed by atoms with Gasteiger partial charge in [0.1, 0.15) is 5.56 Å². The highest BCUT2D eigenvalue weighted by Crippen LogP contribution is 2.33. The molecule has 4 nitrogen and oxygen atoms in total. The maximum absolute atomic E-state index is 12.5. The zero-order chi connectivity index (χ0) is 16.6. The molecule has 1 aliphatic rings. The van der Waals surface area contributed by atoms with Gasteiger partial charge in [-0.05, 0) is 55.9 Å². The predicted octanol–water partition coefficient (Wildman–Crippen LogP) is 3.05. The van der Waals surface area contributed by atoms with Crippen LogP contribution in [0.25, 0.3) is 0 Å². The van der Waals surface area contributed by atoms with Crippen LogP contribution < -0.4 is 10.9 Å². The maximum Gasteiger partial charge on any atom is 0.260 e. The molecule has 2 aromatic rings. The monoisotopic (exact) mass is 310 g/mol. The third kappa shape index (κ3) is 3.21. The van der Waals surface area contributed by atoms with Gasteiger partial charge in [0.15, 0.2) is 0 Å². The molecule has 0 radical (unpaired) electrons. The number of aryl methyl sites for hydroxylation is 2. The summed E-state index contributed by atoms with van der Waals surface area (Å²) in [6, 6.07) is 9.67. The molecule has 1 aliphatic carbocycles. The predicted molar refractivity (Wildman–Crippen MR) is 90.7 cm³/mol. The molecular formula is C19H22N2O2. The van der Waals surface area contributed by atoms with Gasteiger partial charge >= 0.3 is 0 Å². The van der Waals surface area contributed by atoms with E-state index < -0.39 is 0 Å². The third-order valence-electron chi connectivity index (χ3n) is 4.49. The van der Waals surface area contributed by atoms with E-state index >= 15 is 0 Å². The SMILES string of the molecule is Cc1ccc2c(c1)CC(C)CC2NC(=O)c1ccc(C)[nH]c1=O. The van der Waals surface area contributed by atoms with Gasteiger partial charge < -0.3 is 10.3 Å². The Morgan fingerprint density at radius 2 is 2.00 bits per heavy atom. The van der Waals surface area contributed by atoms with Crippen molar-refractivity contribution in [2.45, 2.75) is 39.7 Å². The summed E-state index contributed by atoms with van der Waals surface area (Å²) in [5.74, 6) is 0.197. The number of benzene rings is 1. The smallest absolute Gasteiger partial charge is 0.260 e. The molecule has 0 saturated heterocycles. The first-order valence-corrected chi connectivity index (χ1v) is 8.04. The second-order valence-corrected chi connectivity index (χ2v) is 6.66. The minimum Gasteiger partial charge on any atom is -0.345 e. The van der Waals surface area contributed by atoms with Crippen LogP contribution in [0.5, 0.6) is 0 Å². The third-order valence-corrected chi connectivity index (χ3v) is 4.49. The molecule has 1 amide bonds. The molecule has 23 heavy (non-hydrogen) atoms. The van der Waals surface area contributed by atoms with Gasteiger partial charge in [0, 0.05) is 5.69 Å². The molecule has 2 N–H and O–H groups in total. The number of fused-ring (bicyclic) bond motifs is 1. The van der Waals surface area contributed by atoms with E-state index in [0.29, 0.717) is 5.92 Å². The number of hydrogen-bond acceptors (Lipinski definition) is 2. The van der Waals surface area contributed by atoms with Crippen molar-refractivity contribution in [1.29, 1.82) is 0 Å². The summed E-state index contributed by atoms with van der Waals surface area (Å²) < 4.78 is 0. The molecule has 0 spiro atoms. The van der Waals surface area contributed by atoms with E-state index in [4.69, 9.17) is 0 Å². The molecule has 1 aromatic heterocycles. The van der Waals surface area contributed by atoms with Gasteiger partial charge in [-0.15, -0.1) is 0 Å². The Balaban J connectivity index is 1.88. The van der Waals surface area contributed by atoms with E-state index in [9.17, 15) is 9.59 Å². The lowest BCUT2D eigenvalue weighted by molar-refractivity contribution is 0.0927. The summed E-state index contributed by atoms with van der Waals surface area (Å²) in [7, 11) is 0. The van der Waals surface area contributed by atoms with E-state index in [1.807, 2.05) is 0 Å². The van der Waals surface area contributed by atoms with Crippen LogP contribution in [0.2, 0.25) is 0 Å². The first kappa shape index (κ1) is 15.5. The fourth-order valence-corrected chi connectivity index (χ4v) is 3.36. The second-order valence-electron chi connectivity index (χ2n) is 6.66. The van der Waals surface area contributed by atoms with Crippen LogP contribution in [-0.4, -0.2) is 10.9 Å². The first-order valence-electron chi connectivity index (χ1n) is 8.04. The molecule has 1 heterocycles. The molecule has 0 saturated carbocycles. The fraction of sp³-hybridized carbons (Fsp3) is 0.368. The summed E-state index contributed by atoms with van der Waals surface area (Å²) in [5.41, 5.74) is 4.28. The molecule has 2 atom stereocenters. The Morgan fingerprint density at radius 1 is 1.22 bits per heavy atom. The number of H-pyrrole nitrogens is 1. The first-order chi connectivity index (χ1) is 10.9. The van der Waals surface area contributed by atoms with E-state index in [1.54, 1.807) is 19.1 Å². The summed E-state index contributed by atoms with van der Waals surface area (Å²) in [6.45, 7) is 6.08. The Labute approximate surface area is 135 Å². The number of rotatable bonds is 2. The van der Waals surface area contributed by atoms with Crippen LogP contribution >= 0.6 is 0 Å². The summed E-state index contributed by atoms with van der Waals surface area (Å²) in [6.07, 6.45) is 1.93. The Morgan fingerprint density at radius 3 is 2.74 bits per heavy atom. The van der Waals surface area contributed by atoms with Crippen LogP contribution in [0.4, 0.5) is 0 Å².